The number of para-hydroxylation sites is 1. The number of hydrogen-bond acceptors (Lipinski definition) is 3. The van der Waals surface area contributed by atoms with Gasteiger partial charge in [0.05, 0.1) is 6.04 Å². The first-order valence-electron chi connectivity index (χ1n) is 8.13. The maximum Gasteiger partial charge on any atom is 0.261 e. The zero-order valence-corrected chi connectivity index (χ0v) is 13.2. The van der Waals surface area contributed by atoms with E-state index in [1.165, 1.54) is 0 Å². The van der Waals surface area contributed by atoms with Gasteiger partial charge in [0.1, 0.15) is 5.56 Å². The molecule has 2 aromatic heterocycles. The highest BCUT2D eigenvalue weighted by molar-refractivity contribution is 5.97. The van der Waals surface area contributed by atoms with Crippen molar-refractivity contribution in [3.63, 3.8) is 0 Å². The smallest absolute Gasteiger partial charge is 0.261 e. The Morgan fingerprint density at radius 2 is 2.12 bits per heavy atom. The molecule has 0 aliphatic carbocycles. The fraction of sp³-hybridized carbons (Fsp3) is 0.278. The predicted octanol–water partition coefficient (Wildman–Crippen LogP) is 2.20. The van der Waals surface area contributed by atoms with E-state index in [0.717, 1.165) is 23.7 Å². The van der Waals surface area contributed by atoms with E-state index in [0.29, 0.717) is 13.1 Å². The molecule has 3 heterocycles. The van der Waals surface area contributed by atoms with Gasteiger partial charge in [-0.1, -0.05) is 18.2 Å². The third-order valence-electron chi connectivity index (χ3n) is 4.57. The minimum Gasteiger partial charge on any atom is -0.336 e. The quantitative estimate of drug-likeness (QED) is 0.786. The molecule has 1 N–H and O–H groups in total. The first-order valence-corrected chi connectivity index (χ1v) is 8.13. The van der Waals surface area contributed by atoms with E-state index in [-0.39, 0.29) is 23.1 Å². The molecule has 1 fully saturated rings. The minimum atomic E-state index is -0.333. The van der Waals surface area contributed by atoms with Crippen LogP contribution in [0.4, 0.5) is 0 Å². The van der Waals surface area contributed by atoms with Crippen molar-refractivity contribution in [2.45, 2.75) is 18.9 Å². The molecule has 1 aliphatic heterocycles. The lowest BCUT2D eigenvalue weighted by atomic mass is 10.0. The zero-order valence-electron chi connectivity index (χ0n) is 13.2. The van der Waals surface area contributed by atoms with Gasteiger partial charge in [0, 0.05) is 31.0 Å². The van der Waals surface area contributed by atoms with E-state index in [4.69, 9.17) is 0 Å². The number of pyridine rings is 1. The SMILES string of the molecule is O=C(c1cc2ccccc2[nH]c1=O)N1CCC[C@@H](n2cccn2)C1. The van der Waals surface area contributed by atoms with Gasteiger partial charge >= 0.3 is 0 Å². The van der Waals surface area contributed by atoms with E-state index >= 15 is 0 Å². The lowest BCUT2D eigenvalue weighted by molar-refractivity contribution is 0.0671. The molecule has 1 aliphatic rings. The van der Waals surface area contributed by atoms with Crippen molar-refractivity contribution >= 4 is 16.8 Å². The lowest BCUT2D eigenvalue weighted by Gasteiger charge is -2.32. The molecule has 3 aromatic rings. The van der Waals surface area contributed by atoms with Crippen LogP contribution in [0.15, 0.2) is 53.6 Å². The highest BCUT2D eigenvalue weighted by atomic mass is 16.2. The average molecular weight is 322 g/mol. The normalized spacial score (nSPS) is 18.0. The lowest BCUT2D eigenvalue weighted by Crippen LogP contribution is -2.42. The van der Waals surface area contributed by atoms with Gasteiger partial charge in [0.25, 0.3) is 11.5 Å². The zero-order chi connectivity index (χ0) is 16.5. The Labute approximate surface area is 138 Å². The number of H-pyrrole nitrogens is 1. The summed E-state index contributed by atoms with van der Waals surface area (Å²) < 4.78 is 1.89. The van der Waals surface area contributed by atoms with Gasteiger partial charge in [-0.05, 0) is 36.4 Å². The summed E-state index contributed by atoms with van der Waals surface area (Å²) >= 11 is 0. The number of aromatic amines is 1. The van der Waals surface area contributed by atoms with Crippen LogP contribution in [0.1, 0.15) is 29.2 Å². The Bertz CT molecular complexity index is 930. The van der Waals surface area contributed by atoms with Crippen LogP contribution in [0.3, 0.4) is 0 Å². The largest absolute Gasteiger partial charge is 0.336 e. The molecule has 0 spiro atoms. The van der Waals surface area contributed by atoms with E-state index in [2.05, 4.69) is 10.1 Å². The van der Waals surface area contributed by atoms with Gasteiger partial charge in [-0.2, -0.15) is 5.10 Å². The predicted molar refractivity (Wildman–Crippen MR) is 91.0 cm³/mol. The summed E-state index contributed by atoms with van der Waals surface area (Å²) in [5.74, 6) is -0.209. The summed E-state index contributed by atoms with van der Waals surface area (Å²) in [5, 5.41) is 5.14. The summed E-state index contributed by atoms with van der Waals surface area (Å²) in [6.45, 7) is 1.25. The molecule has 1 amide bonds. The molecule has 0 radical (unpaired) electrons. The summed E-state index contributed by atoms with van der Waals surface area (Å²) in [5.41, 5.74) is 0.613. The van der Waals surface area contributed by atoms with Crippen molar-refractivity contribution in [2.24, 2.45) is 0 Å². The molecule has 6 nitrogen and oxygen atoms in total. The van der Waals surface area contributed by atoms with Gasteiger partial charge < -0.3 is 9.88 Å². The van der Waals surface area contributed by atoms with Gasteiger partial charge in [-0.25, -0.2) is 0 Å². The van der Waals surface area contributed by atoms with Gasteiger partial charge in [0.15, 0.2) is 0 Å². The maximum absolute atomic E-state index is 12.9. The Morgan fingerprint density at radius 3 is 2.96 bits per heavy atom. The summed E-state index contributed by atoms with van der Waals surface area (Å²) in [6.07, 6.45) is 5.55. The van der Waals surface area contributed by atoms with Gasteiger partial charge in [0.2, 0.25) is 0 Å². The van der Waals surface area contributed by atoms with Crippen LogP contribution in [0.25, 0.3) is 10.9 Å². The van der Waals surface area contributed by atoms with Crippen LogP contribution in [0.5, 0.6) is 0 Å². The highest BCUT2D eigenvalue weighted by Gasteiger charge is 2.27. The minimum absolute atomic E-state index is 0.164. The second-order valence-corrected chi connectivity index (χ2v) is 6.13. The van der Waals surface area contributed by atoms with Gasteiger partial charge in [-0.3, -0.25) is 14.3 Å². The molecule has 122 valence electrons. The second-order valence-electron chi connectivity index (χ2n) is 6.13. The molecule has 0 bridgehead atoms. The van der Waals surface area contributed by atoms with Crippen LogP contribution < -0.4 is 5.56 Å². The van der Waals surface area contributed by atoms with E-state index in [9.17, 15) is 9.59 Å². The Kier molecular flexibility index (Phi) is 3.65. The number of nitrogens with zero attached hydrogens (tertiary/aromatic N) is 3. The molecular weight excluding hydrogens is 304 g/mol. The van der Waals surface area contributed by atoms with Crippen molar-refractivity contribution in [3.05, 3.63) is 64.7 Å². The van der Waals surface area contributed by atoms with Crippen LogP contribution in [-0.4, -0.2) is 38.7 Å². The van der Waals surface area contributed by atoms with E-state index < -0.39 is 0 Å². The highest BCUT2D eigenvalue weighted by Crippen LogP contribution is 2.22. The first kappa shape index (κ1) is 14.7. The number of rotatable bonds is 2. The number of amides is 1. The van der Waals surface area contributed by atoms with Crippen LogP contribution in [0, 0.1) is 0 Å². The summed E-state index contributed by atoms with van der Waals surface area (Å²) in [6, 6.07) is 11.2. The van der Waals surface area contributed by atoms with Crippen molar-refractivity contribution in [2.75, 3.05) is 13.1 Å². The third kappa shape index (κ3) is 2.60. The Balaban J connectivity index is 1.63. The molecule has 0 unspecified atom stereocenters. The molecule has 4 rings (SSSR count). The molecule has 0 saturated carbocycles. The number of piperidine rings is 1. The number of carbonyl (C=O) groups is 1. The number of fused-ring (bicyclic) bond motifs is 1. The second kappa shape index (κ2) is 5.96. The number of likely N-dealkylation sites (tertiary alicyclic amines) is 1. The van der Waals surface area contributed by atoms with Crippen molar-refractivity contribution < 1.29 is 4.79 Å². The molecule has 24 heavy (non-hydrogen) atoms. The summed E-state index contributed by atoms with van der Waals surface area (Å²) in [7, 11) is 0. The molecule has 1 aromatic carbocycles. The average Bonchev–Trinajstić information content (AvgIpc) is 3.15. The first-order chi connectivity index (χ1) is 11.7. The Morgan fingerprint density at radius 1 is 1.25 bits per heavy atom. The van der Waals surface area contributed by atoms with Crippen LogP contribution >= 0.6 is 0 Å². The molecule has 1 atom stereocenters. The topological polar surface area (TPSA) is 71.0 Å². The van der Waals surface area contributed by atoms with Crippen molar-refractivity contribution in [1.82, 2.24) is 19.7 Å². The van der Waals surface area contributed by atoms with Crippen molar-refractivity contribution in [3.8, 4) is 0 Å². The van der Waals surface area contributed by atoms with Crippen LogP contribution in [-0.2, 0) is 0 Å². The molecule has 1 saturated heterocycles. The summed E-state index contributed by atoms with van der Waals surface area (Å²) in [4.78, 5) is 29.7. The standard InChI is InChI=1S/C18H18N4O2/c23-17-15(11-13-5-1-2-7-16(13)20-17)18(24)21-9-3-6-14(12-21)22-10-4-8-19-22/h1-2,4-5,7-8,10-11,14H,3,6,9,12H2,(H,20,23)/t14-/m1/s1. The monoisotopic (exact) mass is 322 g/mol. The fourth-order valence-electron chi connectivity index (χ4n) is 3.33. The fourth-order valence-corrected chi connectivity index (χ4v) is 3.33. The van der Waals surface area contributed by atoms with E-state index in [1.807, 2.05) is 41.2 Å². The molecule has 6 heteroatoms. The number of benzene rings is 1. The number of carbonyl (C=O) groups excluding carboxylic acids is 1. The molecular formula is C18H18N4O2. The maximum atomic E-state index is 12.9. The number of nitrogens with one attached hydrogen (secondary N) is 1. The Hall–Kier alpha value is -2.89. The number of hydrogen-bond donors (Lipinski definition) is 1. The van der Waals surface area contributed by atoms with Gasteiger partial charge in [-0.15, -0.1) is 0 Å². The van der Waals surface area contributed by atoms with Crippen LogP contribution in [0.2, 0.25) is 0 Å². The number of aromatic nitrogens is 3. The van der Waals surface area contributed by atoms with Crippen molar-refractivity contribution in [1.29, 1.82) is 0 Å². The van der Waals surface area contributed by atoms with E-state index in [1.54, 1.807) is 17.2 Å². The third-order valence-corrected chi connectivity index (χ3v) is 4.57.